The lowest BCUT2D eigenvalue weighted by Gasteiger charge is -2.15. The summed E-state index contributed by atoms with van der Waals surface area (Å²) in [5, 5.41) is 3.65. The van der Waals surface area contributed by atoms with Gasteiger partial charge in [0, 0.05) is 40.8 Å². The minimum Gasteiger partial charge on any atom is -0.346 e. The lowest BCUT2D eigenvalue weighted by atomic mass is 10.1. The van der Waals surface area contributed by atoms with Gasteiger partial charge in [0.05, 0.1) is 28.5 Å². The minimum absolute atomic E-state index is 0.0160. The molecule has 0 saturated heterocycles. The van der Waals surface area contributed by atoms with Crippen LogP contribution in [0.3, 0.4) is 0 Å². The summed E-state index contributed by atoms with van der Waals surface area (Å²) < 4.78 is 64.8. The van der Waals surface area contributed by atoms with E-state index in [0.717, 1.165) is 34.3 Å². The Morgan fingerprint density at radius 2 is 1.74 bits per heavy atom. The lowest BCUT2D eigenvalue weighted by Crippen LogP contribution is -2.23. The number of nitrogens with zero attached hydrogens (tertiary/aromatic N) is 2. The van der Waals surface area contributed by atoms with E-state index in [4.69, 9.17) is 0 Å². The van der Waals surface area contributed by atoms with Gasteiger partial charge in [-0.1, -0.05) is 19.1 Å². The average molecular weight is 544 g/mol. The highest BCUT2D eigenvalue weighted by Crippen LogP contribution is 2.31. The lowest BCUT2D eigenvalue weighted by molar-refractivity contribution is -0.137. The quantitative estimate of drug-likeness (QED) is 0.298. The molecular weight excluding hydrogens is 515 g/mol. The molecule has 6 nitrogen and oxygen atoms in total. The van der Waals surface area contributed by atoms with E-state index in [1.807, 2.05) is 26.0 Å². The maximum absolute atomic E-state index is 12.9. The fourth-order valence-electron chi connectivity index (χ4n) is 4.34. The van der Waals surface area contributed by atoms with E-state index in [-0.39, 0.29) is 29.1 Å². The molecule has 0 unspecified atom stereocenters. The predicted molar refractivity (Wildman–Crippen MR) is 140 cm³/mol. The zero-order valence-electron chi connectivity index (χ0n) is 21.2. The van der Waals surface area contributed by atoms with Crippen molar-refractivity contribution in [3.05, 3.63) is 94.9 Å². The van der Waals surface area contributed by atoms with Crippen molar-refractivity contribution < 1.29 is 26.4 Å². The molecule has 0 radical (unpaired) electrons. The van der Waals surface area contributed by atoms with Crippen molar-refractivity contribution in [3.8, 4) is 0 Å². The second kappa shape index (κ2) is 10.6. The van der Waals surface area contributed by atoms with Crippen molar-refractivity contribution in [2.24, 2.45) is 0 Å². The van der Waals surface area contributed by atoms with Gasteiger partial charge in [-0.3, -0.25) is 9.78 Å². The molecule has 0 fully saturated rings. The fourth-order valence-corrected chi connectivity index (χ4v) is 5.16. The Kier molecular flexibility index (Phi) is 7.64. The highest BCUT2D eigenvalue weighted by molar-refractivity contribution is 7.91. The molecule has 0 aliphatic rings. The zero-order chi connectivity index (χ0) is 27.7. The number of aromatic nitrogens is 2. The van der Waals surface area contributed by atoms with E-state index in [9.17, 15) is 26.4 Å². The molecule has 0 aliphatic carbocycles. The van der Waals surface area contributed by atoms with E-state index in [2.05, 4.69) is 14.9 Å². The van der Waals surface area contributed by atoms with Crippen LogP contribution in [0.4, 0.5) is 13.2 Å². The molecule has 0 atom stereocenters. The van der Waals surface area contributed by atoms with Gasteiger partial charge in [0.25, 0.3) is 5.91 Å². The van der Waals surface area contributed by atoms with Gasteiger partial charge in [-0.25, -0.2) is 8.42 Å². The van der Waals surface area contributed by atoms with Crippen molar-refractivity contribution in [2.45, 2.75) is 50.9 Å². The number of sulfone groups is 1. The minimum atomic E-state index is -4.38. The van der Waals surface area contributed by atoms with Crippen LogP contribution in [0.5, 0.6) is 0 Å². The maximum Gasteiger partial charge on any atom is 0.416 e. The van der Waals surface area contributed by atoms with Gasteiger partial charge in [-0.15, -0.1) is 0 Å². The monoisotopic (exact) mass is 543 g/mol. The highest BCUT2D eigenvalue weighted by Gasteiger charge is 2.30. The molecule has 0 saturated carbocycles. The van der Waals surface area contributed by atoms with Crippen LogP contribution >= 0.6 is 0 Å². The van der Waals surface area contributed by atoms with E-state index in [0.29, 0.717) is 17.7 Å². The fraction of sp³-hybridized carbons (Fsp3) is 0.286. The number of fused-ring (bicyclic) bond motifs is 1. The molecule has 4 rings (SSSR count). The van der Waals surface area contributed by atoms with Crippen molar-refractivity contribution in [1.82, 2.24) is 14.9 Å². The normalized spacial score (nSPS) is 12.3. The summed E-state index contributed by atoms with van der Waals surface area (Å²) >= 11 is 0. The van der Waals surface area contributed by atoms with Crippen molar-refractivity contribution in [2.75, 3.05) is 5.75 Å². The summed E-state index contributed by atoms with van der Waals surface area (Å²) in [6, 6.07) is 15.6. The first-order chi connectivity index (χ1) is 17.9. The summed E-state index contributed by atoms with van der Waals surface area (Å²) in [5.41, 5.74) is 2.90. The third-order valence-electron chi connectivity index (χ3n) is 6.33. The van der Waals surface area contributed by atoms with Gasteiger partial charge in [-0.05, 0) is 67.9 Å². The molecule has 0 aliphatic heterocycles. The molecule has 2 aromatic heterocycles. The second-order valence-corrected chi connectivity index (χ2v) is 11.6. The first-order valence-electron chi connectivity index (χ1n) is 12.1. The van der Waals surface area contributed by atoms with Gasteiger partial charge >= 0.3 is 6.18 Å². The third kappa shape index (κ3) is 5.91. The standard InChI is InChI=1S/C28H28F3N3O3S/c1-4-38(36,37)25-11-10-23(32-17-25)16-33-27(35)20-7-12-26-21(14-20)15-24(34(26)18(2)3)13-19-5-8-22(9-6-19)28(29,30)31/h5-12,14-15,17-18H,4,13,16H2,1-3H3,(H,33,35). The summed E-state index contributed by atoms with van der Waals surface area (Å²) in [4.78, 5) is 17.1. The van der Waals surface area contributed by atoms with Gasteiger partial charge in [-0.2, -0.15) is 13.2 Å². The van der Waals surface area contributed by atoms with Gasteiger partial charge < -0.3 is 9.88 Å². The zero-order valence-corrected chi connectivity index (χ0v) is 22.0. The van der Waals surface area contributed by atoms with E-state index in [1.54, 1.807) is 25.1 Å². The van der Waals surface area contributed by atoms with Crippen LogP contribution in [0.1, 0.15) is 59.7 Å². The molecule has 10 heteroatoms. The van der Waals surface area contributed by atoms with Gasteiger partial charge in [0.1, 0.15) is 0 Å². The molecule has 38 heavy (non-hydrogen) atoms. The molecule has 1 N–H and O–H groups in total. The number of carbonyl (C=O) groups is 1. The van der Waals surface area contributed by atoms with Crippen LogP contribution in [-0.4, -0.2) is 29.6 Å². The average Bonchev–Trinajstić information content (AvgIpc) is 3.24. The van der Waals surface area contributed by atoms with Gasteiger partial charge in [0.2, 0.25) is 0 Å². The number of rotatable bonds is 8. The number of hydrogen-bond donors (Lipinski definition) is 1. The molecule has 0 bridgehead atoms. The van der Waals surface area contributed by atoms with Crippen molar-refractivity contribution in [1.29, 1.82) is 0 Å². The summed E-state index contributed by atoms with van der Waals surface area (Å²) in [6.07, 6.45) is -2.64. The van der Waals surface area contributed by atoms with Crippen LogP contribution in [0, 0.1) is 0 Å². The number of pyridine rings is 1. The molecule has 1 amide bonds. The Bertz CT molecular complexity index is 1560. The Morgan fingerprint density at radius 3 is 2.32 bits per heavy atom. The molecule has 2 heterocycles. The number of hydrogen-bond acceptors (Lipinski definition) is 4. The Balaban J connectivity index is 1.52. The van der Waals surface area contributed by atoms with E-state index >= 15 is 0 Å². The Hall–Kier alpha value is -3.66. The third-order valence-corrected chi connectivity index (χ3v) is 8.05. The molecule has 0 spiro atoms. The molecule has 200 valence electrons. The summed E-state index contributed by atoms with van der Waals surface area (Å²) in [5.74, 6) is -0.321. The number of halogens is 3. The number of amides is 1. The van der Waals surface area contributed by atoms with Gasteiger partial charge in [0.15, 0.2) is 9.84 Å². The summed E-state index contributed by atoms with van der Waals surface area (Å²) in [7, 11) is -3.34. The predicted octanol–water partition coefficient (Wildman–Crippen LogP) is 5.95. The highest BCUT2D eigenvalue weighted by atomic mass is 32.2. The topological polar surface area (TPSA) is 81.1 Å². The first kappa shape index (κ1) is 27.4. The van der Waals surface area contributed by atoms with E-state index < -0.39 is 21.6 Å². The first-order valence-corrected chi connectivity index (χ1v) is 13.8. The van der Waals surface area contributed by atoms with Crippen LogP contribution in [-0.2, 0) is 29.0 Å². The van der Waals surface area contributed by atoms with Crippen molar-refractivity contribution in [3.63, 3.8) is 0 Å². The number of benzene rings is 2. The van der Waals surface area contributed by atoms with Crippen molar-refractivity contribution >= 4 is 26.6 Å². The Morgan fingerprint density at radius 1 is 1.03 bits per heavy atom. The van der Waals surface area contributed by atoms with Crippen LogP contribution in [0.2, 0.25) is 0 Å². The second-order valence-electron chi connectivity index (χ2n) is 9.32. The molecule has 2 aromatic carbocycles. The maximum atomic E-state index is 12.9. The number of nitrogens with one attached hydrogen (secondary N) is 1. The van der Waals surface area contributed by atoms with Crippen LogP contribution < -0.4 is 5.32 Å². The smallest absolute Gasteiger partial charge is 0.346 e. The van der Waals surface area contributed by atoms with E-state index in [1.165, 1.54) is 24.4 Å². The molecular formula is C28H28F3N3O3S. The summed E-state index contributed by atoms with van der Waals surface area (Å²) in [6.45, 7) is 5.75. The largest absolute Gasteiger partial charge is 0.416 e. The van der Waals surface area contributed by atoms with Crippen LogP contribution in [0.15, 0.2) is 71.8 Å². The Labute approximate surface area is 219 Å². The SMILES string of the molecule is CCS(=O)(=O)c1ccc(CNC(=O)c2ccc3c(c2)cc(Cc2ccc(C(F)(F)F)cc2)n3C(C)C)nc1. The number of alkyl halides is 3. The van der Waals surface area contributed by atoms with Crippen LogP contribution in [0.25, 0.3) is 10.9 Å². The number of carbonyl (C=O) groups excluding carboxylic acids is 1. The molecule has 4 aromatic rings.